The SMILES string of the molecule is CC1(C)CC(NCC(F)(F)F)(C(N)=O)CCO1. The first-order valence-corrected chi connectivity index (χ1v) is 5.32. The Bertz CT molecular complexity index is 304. The van der Waals surface area contributed by atoms with E-state index in [0.717, 1.165) is 0 Å². The first-order chi connectivity index (χ1) is 7.56. The average Bonchev–Trinajstić information content (AvgIpc) is 2.12. The topological polar surface area (TPSA) is 64.3 Å². The van der Waals surface area contributed by atoms with Crippen LogP contribution in [0.25, 0.3) is 0 Å². The summed E-state index contributed by atoms with van der Waals surface area (Å²) in [5.74, 6) is -0.766. The Hall–Kier alpha value is -0.820. The lowest BCUT2D eigenvalue weighted by molar-refractivity contribution is -0.151. The van der Waals surface area contributed by atoms with Gasteiger partial charge in [0.2, 0.25) is 5.91 Å². The third-order valence-electron chi connectivity index (χ3n) is 2.85. The summed E-state index contributed by atoms with van der Waals surface area (Å²) in [5, 5.41) is 2.25. The number of ether oxygens (including phenoxy) is 1. The second kappa shape index (κ2) is 4.45. The Morgan fingerprint density at radius 2 is 2.06 bits per heavy atom. The lowest BCUT2D eigenvalue weighted by Crippen LogP contribution is -2.63. The number of amides is 1. The molecule has 4 nitrogen and oxygen atoms in total. The number of nitrogens with two attached hydrogens (primary N) is 1. The van der Waals surface area contributed by atoms with Crippen LogP contribution in [0.3, 0.4) is 0 Å². The highest BCUT2D eigenvalue weighted by Gasteiger charge is 2.46. The number of hydrogen-bond donors (Lipinski definition) is 2. The minimum absolute atomic E-state index is 0.130. The maximum absolute atomic E-state index is 12.2. The predicted octanol–water partition coefficient (Wildman–Crippen LogP) is 0.951. The second-order valence-corrected chi connectivity index (χ2v) is 4.95. The maximum Gasteiger partial charge on any atom is 0.401 e. The van der Waals surface area contributed by atoms with Gasteiger partial charge in [-0.3, -0.25) is 10.1 Å². The quantitative estimate of drug-likeness (QED) is 0.788. The molecule has 0 aromatic carbocycles. The standard InChI is InChI=1S/C10H17F3N2O2/c1-8(2)5-9(7(14)16,3-4-17-8)15-6-10(11,12)13/h15H,3-6H2,1-2H3,(H2,14,16). The highest BCUT2D eigenvalue weighted by Crippen LogP contribution is 2.32. The molecule has 1 unspecified atom stereocenters. The fourth-order valence-electron chi connectivity index (χ4n) is 2.09. The van der Waals surface area contributed by atoms with Gasteiger partial charge in [-0.1, -0.05) is 0 Å². The van der Waals surface area contributed by atoms with Crippen LogP contribution >= 0.6 is 0 Å². The van der Waals surface area contributed by atoms with Gasteiger partial charge in [0.15, 0.2) is 0 Å². The number of halogens is 3. The van der Waals surface area contributed by atoms with E-state index in [2.05, 4.69) is 5.32 Å². The van der Waals surface area contributed by atoms with E-state index >= 15 is 0 Å². The number of hydrogen-bond acceptors (Lipinski definition) is 3. The van der Waals surface area contributed by atoms with Crippen molar-refractivity contribution in [2.24, 2.45) is 5.73 Å². The van der Waals surface area contributed by atoms with Crippen LogP contribution in [0.15, 0.2) is 0 Å². The molecule has 7 heteroatoms. The van der Waals surface area contributed by atoms with E-state index in [1.807, 2.05) is 0 Å². The zero-order valence-corrected chi connectivity index (χ0v) is 9.86. The third kappa shape index (κ3) is 3.85. The zero-order valence-electron chi connectivity index (χ0n) is 9.86. The fraction of sp³-hybridized carbons (Fsp3) is 0.900. The Balaban J connectivity index is 2.79. The molecule has 1 atom stereocenters. The first-order valence-electron chi connectivity index (χ1n) is 5.32. The smallest absolute Gasteiger partial charge is 0.375 e. The molecule has 1 saturated heterocycles. The van der Waals surface area contributed by atoms with Gasteiger partial charge in [-0.15, -0.1) is 0 Å². The Morgan fingerprint density at radius 1 is 1.47 bits per heavy atom. The summed E-state index contributed by atoms with van der Waals surface area (Å²) in [6.45, 7) is 2.42. The molecule has 3 N–H and O–H groups in total. The van der Waals surface area contributed by atoms with Gasteiger partial charge in [0, 0.05) is 13.0 Å². The van der Waals surface area contributed by atoms with Gasteiger partial charge < -0.3 is 10.5 Å². The number of carbonyl (C=O) groups excluding carboxylic acids is 1. The minimum Gasteiger partial charge on any atom is -0.375 e. The third-order valence-corrected chi connectivity index (χ3v) is 2.85. The van der Waals surface area contributed by atoms with Crippen LogP contribution in [0.4, 0.5) is 13.2 Å². The van der Waals surface area contributed by atoms with E-state index in [-0.39, 0.29) is 19.4 Å². The fourth-order valence-corrected chi connectivity index (χ4v) is 2.09. The van der Waals surface area contributed by atoms with Crippen molar-refractivity contribution in [1.29, 1.82) is 0 Å². The van der Waals surface area contributed by atoms with E-state index in [1.54, 1.807) is 13.8 Å². The molecular weight excluding hydrogens is 237 g/mol. The first kappa shape index (κ1) is 14.2. The van der Waals surface area contributed by atoms with E-state index in [1.165, 1.54) is 0 Å². The molecule has 0 aromatic heterocycles. The van der Waals surface area contributed by atoms with E-state index in [4.69, 9.17) is 10.5 Å². The molecule has 0 aromatic rings. The summed E-state index contributed by atoms with van der Waals surface area (Å²) in [6, 6.07) is 0. The van der Waals surface area contributed by atoms with Crippen LogP contribution in [-0.4, -0.2) is 36.4 Å². The average molecular weight is 254 g/mol. The van der Waals surface area contributed by atoms with E-state index in [9.17, 15) is 18.0 Å². The largest absolute Gasteiger partial charge is 0.401 e. The molecule has 0 aliphatic carbocycles. The number of primary amides is 1. The summed E-state index contributed by atoms with van der Waals surface area (Å²) in [6.07, 6.45) is -4.09. The van der Waals surface area contributed by atoms with Crippen molar-refractivity contribution >= 4 is 5.91 Å². The molecule has 0 saturated carbocycles. The van der Waals surface area contributed by atoms with Crippen LogP contribution < -0.4 is 11.1 Å². The van der Waals surface area contributed by atoms with Crippen molar-refractivity contribution in [2.45, 2.75) is 44.0 Å². The Kier molecular flexibility index (Phi) is 3.73. The van der Waals surface area contributed by atoms with Crippen LogP contribution in [0.5, 0.6) is 0 Å². The minimum atomic E-state index is -4.37. The van der Waals surface area contributed by atoms with Crippen LogP contribution in [0, 0.1) is 0 Å². The predicted molar refractivity (Wildman–Crippen MR) is 55.2 cm³/mol. The molecule has 1 heterocycles. The van der Waals surface area contributed by atoms with Crippen LogP contribution in [0.2, 0.25) is 0 Å². The highest BCUT2D eigenvalue weighted by atomic mass is 19.4. The van der Waals surface area contributed by atoms with Crippen molar-refractivity contribution in [3.63, 3.8) is 0 Å². The molecule has 100 valence electrons. The van der Waals surface area contributed by atoms with Gasteiger partial charge in [0.05, 0.1) is 12.1 Å². The van der Waals surface area contributed by atoms with Crippen molar-refractivity contribution < 1.29 is 22.7 Å². The van der Waals surface area contributed by atoms with Gasteiger partial charge in [0.1, 0.15) is 5.54 Å². The van der Waals surface area contributed by atoms with Gasteiger partial charge in [-0.25, -0.2) is 0 Å². The summed E-state index contributed by atoms with van der Waals surface area (Å²) in [7, 11) is 0. The Labute approximate surface area is 97.7 Å². The molecule has 1 aliphatic rings. The Morgan fingerprint density at radius 3 is 2.47 bits per heavy atom. The maximum atomic E-state index is 12.2. The molecule has 1 rings (SSSR count). The van der Waals surface area contributed by atoms with Crippen molar-refractivity contribution in [2.75, 3.05) is 13.2 Å². The normalized spacial score (nSPS) is 29.0. The summed E-state index contributed by atoms with van der Waals surface area (Å²) >= 11 is 0. The lowest BCUT2D eigenvalue weighted by Gasteiger charge is -2.43. The van der Waals surface area contributed by atoms with E-state index < -0.39 is 29.8 Å². The lowest BCUT2D eigenvalue weighted by atomic mass is 9.80. The second-order valence-electron chi connectivity index (χ2n) is 4.95. The summed E-state index contributed by atoms with van der Waals surface area (Å²) in [4.78, 5) is 11.4. The highest BCUT2D eigenvalue weighted by molar-refractivity contribution is 5.85. The monoisotopic (exact) mass is 254 g/mol. The van der Waals surface area contributed by atoms with Crippen molar-refractivity contribution in [3.8, 4) is 0 Å². The molecule has 0 radical (unpaired) electrons. The molecule has 0 spiro atoms. The van der Waals surface area contributed by atoms with Crippen molar-refractivity contribution in [1.82, 2.24) is 5.32 Å². The number of rotatable bonds is 3. The van der Waals surface area contributed by atoms with Gasteiger partial charge in [-0.2, -0.15) is 13.2 Å². The number of carbonyl (C=O) groups is 1. The molecular formula is C10H17F3N2O2. The van der Waals surface area contributed by atoms with Crippen LogP contribution in [0.1, 0.15) is 26.7 Å². The van der Waals surface area contributed by atoms with Crippen molar-refractivity contribution in [3.05, 3.63) is 0 Å². The summed E-state index contributed by atoms with van der Waals surface area (Å²) < 4.78 is 41.9. The zero-order chi connectivity index (χ0) is 13.3. The molecule has 1 amide bonds. The van der Waals surface area contributed by atoms with Crippen LogP contribution in [-0.2, 0) is 9.53 Å². The molecule has 1 fully saturated rings. The molecule has 1 aliphatic heterocycles. The number of nitrogens with one attached hydrogen (secondary N) is 1. The van der Waals surface area contributed by atoms with Gasteiger partial charge in [-0.05, 0) is 20.3 Å². The number of alkyl halides is 3. The van der Waals surface area contributed by atoms with Gasteiger partial charge >= 0.3 is 6.18 Å². The molecule has 0 bridgehead atoms. The summed E-state index contributed by atoms with van der Waals surface area (Å²) in [5.41, 5.74) is 3.23. The van der Waals surface area contributed by atoms with Gasteiger partial charge in [0.25, 0.3) is 0 Å². The van der Waals surface area contributed by atoms with E-state index in [0.29, 0.717) is 0 Å². The molecule has 17 heavy (non-hydrogen) atoms.